The Kier molecular flexibility index (Phi) is 9.95. The Morgan fingerprint density at radius 1 is 1.41 bits per heavy atom. The van der Waals surface area contributed by atoms with Crippen molar-refractivity contribution in [2.45, 2.75) is 25.8 Å². The molecule has 0 saturated carbocycles. The Morgan fingerprint density at radius 2 is 2.00 bits per heavy atom. The minimum atomic E-state index is 0.322. The van der Waals surface area contributed by atoms with Crippen molar-refractivity contribution in [2.24, 2.45) is 0 Å². The van der Waals surface area contributed by atoms with Gasteiger partial charge in [0, 0.05) is 6.04 Å². The summed E-state index contributed by atoms with van der Waals surface area (Å²) in [4.78, 5) is 8.95. The third kappa shape index (κ3) is 10.7. The van der Waals surface area contributed by atoms with Crippen LogP contribution in [0.2, 0.25) is 0 Å². The molecule has 4 nitrogen and oxygen atoms in total. The summed E-state index contributed by atoms with van der Waals surface area (Å²) in [5, 5.41) is 12.0. The number of benzene rings is 1. The Balaban J connectivity index is 0.000000236. The number of aromatic hydroxyl groups is 1. The second-order valence-electron chi connectivity index (χ2n) is 3.66. The summed E-state index contributed by atoms with van der Waals surface area (Å²) < 4.78 is 3.86. The highest BCUT2D eigenvalue weighted by Gasteiger charge is 2.05. The van der Waals surface area contributed by atoms with Gasteiger partial charge in [0.1, 0.15) is 5.75 Å². The van der Waals surface area contributed by atoms with Gasteiger partial charge in [-0.1, -0.05) is 18.2 Å². The van der Waals surface area contributed by atoms with Crippen molar-refractivity contribution in [3.63, 3.8) is 0 Å². The van der Waals surface area contributed by atoms with Crippen molar-refractivity contribution in [1.29, 1.82) is 0 Å². The SMILES string of the molecule is CC1CCCN1.COC=O.Oc1ccccc1. The first-order valence-corrected chi connectivity index (χ1v) is 5.64. The molecule has 1 heterocycles. The molecule has 0 spiro atoms. The summed E-state index contributed by atoms with van der Waals surface area (Å²) in [5.41, 5.74) is 0. The van der Waals surface area contributed by atoms with Gasteiger partial charge in [-0.05, 0) is 38.4 Å². The number of hydrogen-bond donors (Lipinski definition) is 2. The maximum Gasteiger partial charge on any atom is 0.292 e. The monoisotopic (exact) mass is 239 g/mol. The number of para-hydroxylation sites is 1. The Hall–Kier alpha value is -1.55. The number of phenols is 1. The van der Waals surface area contributed by atoms with Crippen molar-refractivity contribution < 1.29 is 14.6 Å². The summed E-state index contributed by atoms with van der Waals surface area (Å²) in [5.74, 6) is 0.322. The van der Waals surface area contributed by atoms with E-state index in [9.17, 15) is 0 Å². The predicted molar refractivity (Wildman–Crippen MR) is 67.9 cm³/mol. The molecule has 2 rings (SSSR count). The number of carbonyl (C=O) groups excluding carboxylic acids is 1. The molecule has 0 radical (unpaired) electrons. The molecule has 1 fully saturated rings. The zero-order valence-corrected chi connectivity index (χ0v) is 10.4. The van der Waals surface area contributed by atoms with Gasteiger partial charge in [-0.3, -0.25) is 4.79 Å². The van der Waals surface area contributed by atoms with Crippen LogP contribution in [-0.2, 0) is 9.53 Å². The van der Waals surface area contributed by atoms with Crippen LogP contribution in [0, 0.1) is 0 Å². The lowest BCUT2D eigenvalue weighted by Gasteiger charge is -1.95. The van der Waals surface area contributed by atoms with Crippen LogP contribution in [-0.4, -0.2) is 31.3 Å². The molecule has 2 N–H and O–H groups in total. The average molecular weight is 239 g/mol. The summed E-state index contributed by atoms with van der Waals surface area (Å²) in [7, 11) is 1.31. The second kappa shape index (κ2) is 11.0. The molecule has 1 atom stereocenters. The maximum atomic E-state index is 8.95. The Labute approximate surface area is 103 Å². The van der Waals surface area contributed by atoms with Gasteiger partial charge >= 0.3 is 0 Å². The van der Waals surface area contributed by atoms with Crippen LogP contribution < -0.4 is 5.32 Å². The lowest BCUT2D eigenvalue weighted by atomic mass is 10.3. The van der Waals surface area contributed by atoms with E-state index in [1.54, 1.807) is 24.3 Å². The zero-order valence-electron chi connectivity index (χ0n) is 10.4. The highest BCUT2D eigenvalue weighted by molar-refractivity contribution is 5.36. The molecule has 1 aromatic rings. The number of rotatable bonds is 1. The van der Waals surface area contributed by atoms with Gasteiger partial charge in [0.25, 0.3) is 6.47 Å². The fourth-order valence-electron chi connectivity index (χ4n) is 1.29. The molecule has 0 amide bonds. The summed E-state index contributed by atoms with van der Waals surface area (Å²) in [6.07, 6.45) is 2.75. The van der Waals surface area contributed by atoms with Gasteiger partial charge in [0.15, 0.2) is 0 Å². The van der Waals surface area contributed by atoms with E-state index in [1.807, 2.05) is 6.07 Å². The molecule has 0 aromatic heterocycles. The van der Waals surface area contributed by atoms with E-state index in [0.717, 1.165) is 6.04 Å². The minimum Gasteiger partial charge on any atom is -0.508 e. The number of carbonyl (C=O) groups is 1. The van der Waals surface area contributed by atoms with E-state index in [1.165, 1.54) is 26.5 Å². The summed E-state index contributed by atoms with van der Waals surface area (Å²) >= 11 is 0. The summed E-state index contributed by atoms with van der Waals surface area (Å²) in [6.45, 7) is 3.84. The molecular weight excluding hydrogens is 218 g/mol. The molecule has 1 aliphatic rings. The first-order chi connectivity index (χ1) is 8.20. The first-order valence-electron chi connectivity index (χ1n) is 5.64. The molecular formula is C13H21NO3. The quantitative estimate of drug-likeness (QED) is 0.735. The number of hydrogen-bond acceptors (Lipinski definition) is 4. The maximum absolute atomic E-state index is 8.95. The number of nitrogens with one attached hydrogen (secondary N) is 1. The van der Waals surface area contributed by atoms with Crippen molar-refractivity contribution in [3.8, 4) is 5.75 Å². The first kappa shape index (κ1) is 15.4. The van der Waals surface area contributed by atoms with Gasteiger partial charge < -0.3 is 15.2 Å². The van der Waals surface area contributed by atoms with Gasteiger partial charge in [-0.25, -0.2) is 0 Å². The number of methoxy groups -OCH3 is 1. The Bertz CT molecular complexity index is 271. The average Bonchev–Trinajstić information content (AvgIpc) is 2.82. The highest BCUT2D eigenvalue weighted by Crippen LogP contribution is 2.02. The molecule has 4 heteroatoms. The van der Waals surface area contributed by atoms with Gasteiger partial charge in [-0.2, -0.15) is 0 Å². The fourth-order valence-corrected chi connectivity index (χ4v) is 1.29. The number of phenolic OH excluding ortho intramolecular Hbond substituents is 1. The Morgan fingerprint density at radius 3 is 2.18 bits per heavy atom. The smallest absolute Gasteiger partial charge is 0.292 e. The molecule has 0 aliphatic carbocycles. The fraction of sp³-hybridized carbons (Fsp3) is 0.462. The van der Waals surface area contributed by atoms with Crippen molar-refractivity contribution in [2.75, 3.05) is 13.7 Å². The van der Waals surface area contributed by atoms with Crippen molar-refractivity contribution >= 4 is 6.47 Å². The van der Waals surface area contributed by atoms with E-state index in [0.29, 0.717) is 12.2 Å². The van der Waals surface area contributed by atoms with Crippen LogP contribution in [0.25, 0.3) is 0 Å². The molecule has 1 unspecified atom stereocenters. The van der Waals surface area contributed by atoms with E-state index in [-0.39, 0.29) is 0 Å². The molecule has 1 aliphatic heterocycles. The number of ether oxygens (including phenoxy) is 1. The van der Waals surface area contributed by atoms with E-state index >= 15 is 0 Å². The topological polar surface area (TPSA) is 58.6 Å². The molecule has 1 aromatic carbocycles. The largest absolute Gasteiger partial charge is 0.508 e. The van der Waals surface area contributed by atoms with Crippen LogP contribution in [0.4, 0.5) is 0 Å². The summed E-state index contributed by atoms with van der Waals surface area (Å²) in [6, 6.07) is 9.51. The predicted octanol–water partition coefficient (Wildman–Crippen LogP) is 1.94. The lowest BCUT2D eigenvalue weighted by Crippen LogP contribution is -2.16. The molecule has 1 saturated heterocycles. The standard InChI is InChI=1S/C6H6O.C5H11N.C2H4O2/c7-6-4-2-1-3-5-6;1-5-3-2-4-6-5;1-4-2-3/h1-5,7H;5-6H,2-4H2,1H3;2H,1H3. The normalized spacial score (nSPS) is 16.9. The highest BCUT2D eigenvalue weighted by atomic mass is 16.5. The molecule has 0 bridgehead atoms. The van der Waals surface area contributed by atoms with E-state index in [2.05, 4.69) is 17.0 Å². The van der Waals surface area contributed by atoms with E-state index in [4.69, 9.17) is 9.90 Å². The van der Waals surface area contributed by atoms with Crippen LogP contribution in [0.1, 0.15) is 19.8 Å². The second-order valence-corrected chi connectivity index (χ2v) is 3.66. The minimum absolute atomic E-state index is 0.322. The van der Waals surface area contributed by atoms with Gasteiger partial charge in [0.05, 0.1) is 7.11 Å². The van der Waals surface area contributed by atoms with Crippen LogP contribution in [0.15, 0.2) is 30.3 Å². The molecule has 96 valence electrons. The molecule has 17 heavy (non-hydrogen) atoms. The van der Waals surface area contributed by atoms with Crippen molar-refractivity contribution in [1.82, 2.24) is 5.32 Å². The third-order valence-electron chi connectivity index (χ3n) is 2.16. The van der Waals surface area contributed by atoms with Crippen molar-refractivity contribution in [3.05, 3.63) is 30.3 Å². The third-order valence-corrected chi connectivity index (χ3v) is 2.16. The van der Waals surface area contributed by atoms with Gasteiger partial charge in [-0.15, -0.1) is 0 Å². The van der Waals surface area contributed by atoms with Crippen LogP contribution >= 0.6 is 0 Å². The van der Waals surface area contributed by atoms with Gasteiger partial charge in [0.2, 0.25) is 0 Å². The van der Waals surface area contributed by atoms with Crippen LogP contribution in [0.3, 0.4) is 0 Å². The van der Waals surface area contributed by atoms with Crippen LogP contribution in [0.5, 0.6) is 5.75 Å². The van der Waals surface area contributed by atoms with E-state index < -0.39 is 0 Å². The lowest BCUT2D eigenvalue weighted by molar-refractivity contribution is -0.126. The zero-order chi connectivity index (χ0) is 12.9.